The number of quaternary nitrogens is 1. The van der Waals surface area contributed by atoms with Crippen LogP contribution in [0.2, 0.25) is 0 Å². The fourth-order valence-electron chi connectivity index (χ4n) is 0. The summed E-state index contributed by atoms with van der Waals surface area (Å²) in [7, 11) is 1.51. The van der Waals surface area contributed by atoms with Crippen molar-refractivity contribution in [2.75, 3.05) is 7.11 Å². The van der Waals surface area contributed by atoms with Crippen LogP contribution in [0, 0.1) is 0 Å². The van der Waals surface area contributed by atoms with Crippen molar-refractivity contribution in [1.82, 2.24) is 0 Å². The van der Waals surface area contributed by atoms with Gasteiger partial charge in [-0.05, 0) is 0 Å². The van der Waals surface area contributed by atoms with Crippen molar-refractivity contribution in [1.29, 1.82) is 0 Å². The van der Waals surface area contributed by atoms with Crippen LogP contribution in [0.15, 0.2) is 0 Å². The minimum absolute atomic E-state index is 0. The minimum Gasteiger partial charge on any atom is -1.00 e. The maximum atomic E-state index is 4.00. The first kappa shape index (κ1) is 8.88. The zero-order valence-electron chi connectivity index (χ0n) is 2.49. The van der Waals surface area contributed by atoms with Crippen molar-refractivity contribution >= 4 is 0 Å². The predicted octanol–water partition coefficient (Wildman–Crippen LogP) is -4.21. The number of rotatable bonds is 0. The lowest BCUT2D eigenvalue weighted by molar-refractivity contribution is -0.679. The molecule has 0 atom stereocenters. The summed E-state index contributed by atoms with van der Waals surface area (Å²) in [5.74, 6) is 2.99. The molecule has 0 aliphatic heterocycles. The van der Waals surface area contributed by atoms with E-state index in [9.17, 15) is 0 Å². The molecule has 0 rings (SSSR count). The van der Waals surface area contributed by atoms with Crippen LogP contribution in [0.25, 0.3) is 0 Å². The van der Waals surface area contributed by atoms with Crippen molar-refractivity contribution in [3.8, 4) is 0 Å². The summed E-state index contributed by atoms with van der Waals surface area (Å²) in [6.07, 6.45) is 0. The molecule has 3 N–H and O–H groups in total. The Morgan fingerprint density at radius 3 is 1.75 bits per heavy atom. The summed E-state index contributed by atoms with van der Waals surface area (Å²) in [5.41, 5.74) is 0. The van der Waals surface area contributed by atoms with E-state index >= 15 is 0 Å². The fraction of sp³-hybridized carbons (Fsp3) is 1.00. The topological polar surface area (TPSA) is 36.9 Å². The summed E-state index contributed by atoms with van der Waals surface area (Å²) in [6, 6.07) is 0. The molecule has 0 heterocycles. The molecule has 0 saturated carbocycles. The Kier molecular flexibility index (Phi) is 23.8. The van der Waals surface area contributed by atoms with Crippen LogP contribution in [0.3, 0.4) is 0 Å². The standard InChI is InChI=1S/CH6NO.ClH/c1-3-2;/h1-2H3;1H/q+1;/p-1. The number of halogens is 1. The second-order valence-electron chi connectivity index (χ2n) is 0.289. The second kappa shape index (κ2) is 10.7. The van der Waals surface area contributed by atoms with E-state index in [-0.39, 0.29) is 12.4 Å². The number of hydrogen-bond donors (Lipinski definition) is 1. The van der Waals surface area contributed by atoms with Gasteiger partial charge in [0.15, 0.2) is 0 Å². The molecule has 0 aliphatic carbocycles. The molecule has 0 fully saturated rings. The molecule has 0 aromatic rings. The van der Waals surface area contributed by atoms with Crippen molar-refractivity contribution in [2.24, 2.45) is 0 Å². The van der Waals surface area contributed by atoms with Crippen LogP contribution in [-0.4, -0.2) is 7.11 Å². The Morgan fingerprint density at radius 2 is 1.75 bits per heavy atom. The predicted molar refractivity (Wildman–Crippen MR) is 9.90 cm³/mol. The zero-order chi connectivity index (χ0) is 2.71. The average Bonchev–Trinajstić information content (AvgIpc) is 0.918. The molecule has 0 amide bonds. The van der Waals surface area contributed by atoms with E-state index in [0.717, 1.165) is 0 Å². The highest BCUT2D eigenvalue weighted by Crippen LogP contribution is 1.06. The van der Waals surface area contributed by atoms with Gasteiger partial charge < -0.3 is 12.4 Å². The lowest BCUT2D eigenvalue weighted by Crippen LogP contribution is -3.00. The lowest BCUT2D eigenvalue weighted by Gasteiger charge is -1.56. The third-order valence-corrected chi connectivity index (χ3v) is 0. The summed E-state index contributed by atoms with van der Waals surface area (Å²) in [6.45, 7) is 0. The van der Waals surface area contributed by atoms with E-state index in [1.807, 2.05) is 0 Å². The Morgan fingerprint density at radius 1 is 1.75 bits per heavy atom. The Balaban J connectivity index is 0. The summed E-state index contributed by atoms with van der Waals surface area (Å²) >= 11 is 0. The first-order valence-corrected chi connectivity index (χ1v) is 0.697. The van der Waals surface area contributed by atoms with Crippen molar-refractivity contribution in [2.45, 2.75) is 0 Å². The van der Waals surface area contributed by atoms with Crippen LogP contribution in [-0.2, 0) is 4.84 Å². The van der Waals surface area contributed by atoms with Gasteiger partial charge in [0.2, 0.25) is 0 Å². The van der Waals surface area contributed by atoms with Gasteiger partial charge in [-0.2, -0.15) is 0 Å². The molecule has 3 heteroatoms. The van der Waals surface area contributed by atoms with Gasteiger partial charge in [0.05, 0.1) is 7.11 Å². The first-order chi connectivity index (χ1) is 1.41. The quantitative estimate of drug-likeness (QED) is 0.296. The van der Waals surface area contributed by atoms with Gasteiger partial charge in [-0.25, -0.2) is 10.7 Å². The zero-order valence-corrected chi connectivity index (χ0v) is 3.25. The van der Waals surface area contributed by atoms with Crippen LogP contribution < -0.4 is 18.3 Å². The second-order valence-corrected chi connectivity index (χ2v) is 0.289. The molecule has 2 nitrogen and oxygen atoms in total. The molecule has 0 aromatic carbocycles. The highest BCUT2D eigenvalue weighted by atomic mass is 35.5. The van der Waals surface area contributed by atoms with Crippen molar-refractivity contribution in [3.05, 3.63) is 0 Å². The van der Waals surface area contributed by atoms with E-state index in [4.69, 9.17) is 0 Å². The van der Waals surface area contributed by atoms with Crippen molar-refractivity contribution < 1.29 is 23.1 Å². The monoisotopic (exact) mass is 83.0 g/mol. The van der Waals surface area contributed by atoms with Gasteiger partial charge in [0.25, 0.3) is 0 Å². The van der Waals surface area contributed by atoms with Gasteiger partial charge in [-0.15, -0.1) is 0 Å². The van der Waals surface area contributed by atoms with Gasteiger partial charge in [-0.1, -0.05) is 0 Å². The average molecular weight is 83.5 g/mol. The third kappa shape index (κ3) is 73.4. The van der Waals surface area contributed by atoms with Crippen LogP contribution in [0.5, 0.6) is 0 Å². The van der Waals surface area contributed by atoms with Gasteiger partial charge in [0, 0.05) is 0 Å². The Labute approximate surface area is 31.3 Å². The normalized spacial score (nSPS) is 4.50. The molecule has 0 spiro atoms. The maximum Gasteiger partial charge on any atom is 0.0951 e. The molecule has 28 valence electrons. The summed E-state index contributed by atoms with van der Waals surface area (Å²) in [4.78, 5) is 4.00. The summed E-state index contributed by atoms with van der Waals surface area (Å²) < 4.78 is 0. The minimum atomic E-state index is 0. The SMILES string of the molecule is CO[NH3+].[Cl-]. The van der Waals surface area contributed by atoms with Gasteiger partial charge in [-0.3, -0.25) is 0 Å². The molecule has 0 radical (unpaired) electrons. The molecule has 0 unspecified atom stereocenters. The smallest absolute Gasteiger partial charge is 0.0951 e. The number of hydrogen-bond acceptors (Lipinski definition) is 1. The summed E-state index contributed by atoms with van der Waals surface area (Å²) in [5, 5.41) is 0. The van der Waals surface area contributed by atoms with Crippen molar-refractivity contribution in [3.63, 3.8) is 0 Å². The molecule has 0 bridgehead atoms. The molecular formula is CH6ClNO. The van der Waals surface area contributed by atoms with E-state index in [0.29, 0.717) is 0 Å². The lowest BCUT2D eigenvalue weighted by atomic mass is 11.7. The largest absolute Gasteiger partial charge is 1.00 e. The van der Waals surface area contributed by atoms with Gasteiger partial charge >= 0.3 is 0 Å². The van der Waals surface area contributed by atoms with Crippen LogP contribution >= 0.6 is 0 Å². The molecule has 0 saturated heterocycles. The van der Waals surface area contributed by atoms with E-state index in [2.05, 4.69) is 10.7 Å². The molecule has 4 heavy (non-hydrogen) atoms. The Bertz CT molecular complexity index is 8.00. The maximum absolute atomic E-state index is 4.00. The first-order valence-electron chi connectivity index (χ1n) is 0.697. The Hall–Kier alpha value is 0.210. The van der Waals surface area contributed by atoms with E-state index in [1.165, 1.54) is 7.11 Å². The molecular weight excluding hydrogens is 77.5 g/mol. The van der Waals surface area contributed by atoms with Crippen LogP contribution in [0.1, 0.15) is 0 Å². The fourth-order valence-corrected chi connectivity index (χ4v) is 0. The molecule has 0 aromatic heterocycles. The van der Waals surface area contributed by atoms with E-state index < -0.39 is 0 Å². The third-order valence-electron chi connectivity index (χ3n) is 0. The van der Waals surface area contributed by atoms with Crippen LogP contribution in [0.4, 0.5) is 0 Å². The highest BCUT2D eigenvalue weighted by Gasteiger charge is 1.29. The van der Waals surface area contributed by atoms with E-state index in [1.54, 1.807) is 0 Å². The van der Waals surface area contributed by atoms with Gasteiger partial charge in [0.1, 0.15) is 0 Å². The highest BCUT2D eigenvalue weighted by molar-refractivity contribution is 3.28. The molecule has 0 aliphatic rings.